The van der Waals surface area contributed by atoms with Crippen molar-refractivity contribution in [2.45, 2.75) is 13.0 Å². The van der Waals surface area contributed by atoms with Crippen LogP contribution in [0.5, 0.6) is 0 Å². The van der Waals surface area contributed by atoms with Crippen molar-refractivity contribution in [1.82, 2.24) is 5.32 Å². The highest BCUT2D eigenvalue weighted by molar-refractivity contribution is 5.99. The first kappa shape index (κ1) is 22.0. The number of methoxy groups -OCH3 is 3. The molecule has 0 unspecified atom stereocenters. The average Bonchev–Trinajstić information content (AvgIpc) is 2.66. The summed E-state index contributed by atoms with van der Waals surface area (Å²) in [6, 6.07) is 0.915. The van der Waals surface area contributed by atoms with Crippen LogP contribution in [0.4, 0.5) is 8.78 Å². The van der Waals surface area contributed by atoms with Gasteiger partial charge in [-0.2, -0.15) is 0 Å². The highest BCUT2D eigenvalue weighted by atomic mass is 19.2. The van der Waals surface area contributed by atoms with E-state index in [-0.39, 0.29) is 5.56 Å². The largest absolute Gasteiger partial charge is 0.468 e. The summed E-state index contributed by atoms with van der Waals surface area (Å²) in [6.45, 7) is 1.33. The first-order chi connectivity index (χ1) is 12.7. The van der Waals surface area contributed by atoms with Crippen LogP contribution in [0, 0.1) is 23.5 Å². The molecule has 1 amide bonds. The third-order valence-corrected chi connectivity index (χ3v) is 3.89. The number of rotatable bonds is 7. The van der Waals surface area contributed by atoms with Crippen LogP contribution < -0.4 is 5.32 Å². The van der Waals surface area contributed by atoms with Gasteiger partial charge in [-0.15, -0.1) is 0 Å². The van der Waals surface area contributed by atoms with Gasteiger partial charge in [0.25, 0.3) is 5.91 Å². The number of hydrogen-bond acceptors (Lipinski definition) is 7. The summed E-state index contributed by atoms with van der Waals surface area (Å²) in [6.07, 6.45) is 0. The lowest BCUT2D eigenvalue weighted by atomic mass is 9.87. The maximum absolute atomic E-state index is 13.3. The minimum absolute atomic E-state index is 0.275. The zero-order chi connectivity index (χ0) is 20.7. The third-order valence-electron chi connectivity index (χ3n) is 3.89. The SMILES string of the molecule is COC(=O)C(C(=O)OC)[C@H](C)[C@@H](NC(=O)c1ccc(F)c(F)c1)C(=O)OC. The molecular weight excluding hydrogens is 368 g/mol. The van der Waals surface area contributed by atoms with Gasteiger partial charge in [0.05, 0.1) is 21.3 Å². The van der Waals surface area contributed by atoms with Crippen LogP contribution in [-0.4, -0.2) is 51.2 Å². The fraction of sp³-hybridized carbons (Fsp3) is 0.412. The van der Waals surface area contributed by atoms with Gasteiger partial charge in [-0.25, -0.2) is 13.6 Å². The minimum Gasteiger partial charge on any atom is -0.468 e. The van der Waals surface area contributed by atoms with Crippen molar-refractivity contribution < 1.29 is 42.2 Å². The fourth-order valence-electron chi connectivity index (χ4n) is 2.37. The minimum atomic E-state index is -1.53. The third kappa shape index (κ3) is 5.22. The predicted octanol–water partition coefficient (Wildman–Crippen LogP) is 0.834. The van der Waals surface area contributed by atoms with E-state index in [1.807, 2.05) is 0 Å². The van der Waals surface area contributed by atoms with Crippen molar-refractivity contribution in [3.05, 3.63) is 35.4 Å². The topological polar surface area (TPSA) is 108 Å². The van der Waals surface area contributed by atoms with Crippen LogP contribution in [0.1, 0.15) is 17.3 Å². The molecule has 0 bridgehead atoms. The Bertz CT molecular complexity index is 722. The number of benzene rings is 1. The number of ether oxygens (including phenoxy) is 3. The van der Waals surface area contributed by atoms with Crippen LogP contribution in [0.15, 0.2) is 18.2 Å². The number of halogens is 2. The molecule has 0 aliphatic heterocycles. The van der Waals surface area contributed by atoms with E-state index in [2.05, 4.69) is 19.5 Å². The Kier molecular flexibility index (Phi) is 7.82. The molecule has 148 valence electrons. The van der Waals surface area contributed by atoms with Crippen LogP contribution in [0.3, 0.4) is 0 Å². The van der Waals surface area contributed by atoms with Gasteiger partial charge >= 0.3 is 17.9 Å². The Morgan fingerprint density at radius 1 is 0.889 bits per heavy atom. The molecule has 1 aromatic rings. The Labute approximate surface area is 153 Å². The van der Waals surface area contributed by atoms with E-state index < -0.39 is 53.3 Å². The van der Waals surface area contributed by atoms with E-state index in [1.165, 1.54) is 6.92 Å². The van der Waals surface area contributed by atoms with Crippen LogP contribution in [-0.2, 0) is 28.6 Å². The summed E-state index contributed by atoms with van der Waals surface area (Å²) in [5, 5.41) is 2.25. The Morgan fingerprint density at radius 2 is 1.41 bits per heavy atom. The summed E-state index contributed by atoms with van der Waals surface area (Å²) in [4.78, 5) is 48.3. The molecule has 2 atom stereocenters. The number of carbonyl (C=O) groups excluding carboxylic acids is 4. The molecule has 0 aromatic heterocycles. The number of esters is 3. The average molecular weight is 387 g/mol. The summed E-state index contributed by atoms with van der Waals surface area (Å²) in [5.74, 6) is -8.94. The first-order valence-electron chi connectivity index (χ1n) is 7.67. The number of amides is 1. The lowest BCUT2D eigenvalue weighted by molar-refractivity contribution is -0.162. The van der Waals surface area contributed by atoms with E-state index >= 15 is 0 Å². The summed E-state index contributed by atoms with van der Waals surface area (Å²) >= 11 is 0. The summed E-state index contributed by atoms with van der Waals surface area (Å²) < 4.78 is 40.0. The van der Waals surface area contributed by atoms with E-state index in [0.29, 0.717) is 6.07 Å². The van der Waals surface area contributed by atoms with Crippen molar-refractivity contribution >= 4 is 23.8 Å². The monoisotopic (exact) mass is 387 g/mol. The standard InChI is InChI=1S/C17H19F2NO7/c1-8(12(15(22)25-2)16(23)26-3)13(17(24)27-4)20-14(21)9-5-6-10(18)11(19)7-9/h5-8,12-13H,1-4H3,(H,20,21)/t8-,13+/m0/s1. The zero-order valence-electron chi connectivity index (χ0n) is 15.1. The number of nitrogens with one attached hydrogen (secondary N) is 1. The van der Waals surface area contributed by atoms with Crippen molar-refractivity contribution in [2.24, 2.45) is 11.8 Å². The predicted molar refractivity (Wildman–Crippen MR) is 86.3 cm³/mol. The second-order valence-corrected chi connectivity index (χ2v) is 5.49. The van der Waals surface area contributed by atoms with E-state index in [4.69, 9.17) is 0 Å². The maximum atomic E-state index is 13.3. The van der Waals surface area contributed by atoms with Crippen LogP contribution >= 0.6 is 0 Å². The molecule has 27 heavy (non-hydrogen) atoms. The fourth-order valence-corrected chi connectivity index (χ4v) is 2.37. The van der Waals surface area contributed by atoms with Crippen molar-refractivity contribution in [1.29, 1.82) is 0 Å². The van der Waals surface area contributed by atoms with Gasteiger partial charge in [0.15, 0.2) is 17.6 Å². The molecule has 0 fully saturated rings. The second kappa shape index (κ2) is 9.60. The van der Waals surface area contributed by atoms with Crippen LogP contribution in [0.25, 0.3) is 0 Å². The van der Waals surface area contributed by atoms with Gasteiger partial charge < -0.3 is 19.5 Å². The Balaban J connectivity index is 3.18. The lowest BCUT2D eigenvalue weighted by Gasteiger charge is -2.27. The molecule has 0 aliphatic rings. The Morgan fingerprint density at radius 3 is 1.85 bits per heavy atom. The normalized spacial score (nSPS) is 12.7. The summed E-state index contributed by atoms with van der Waals surface area (Å²) in [7, 11) is 3.12. The van der Waals surface area contributed by atoms with Crippen molar-refractivity contribution in [3.8, 4) is 0 Å². The molecule has 0 aliphatic carbocycles. The number of carbonyl (C=O) groups is 4. The molecular formula is C17H19F2NO7. The second-order valence-electron chi connectivity index (χ2n) is 5.49. The van der Waals surface area contributed by atoms with Gasteiger partial charge in [-0.1, -0.05) is 6.92 Å². The van der Waals surface area contributed by atoms with Crippen molar-refractivity contribution in [3.63, 3.8) is 0 Å². The van der Waals surface area contributed by atoms with Gasteiger partial charge in [-0.05, 0) is 18.2 Å². The summed E-state index contributed by atoms with van der Waals surface area (Å²) in [5.41, 5.74) is -0.275. The van der Waals surface area contributed by atoms with Gasteiger partial charge in [0, 0.05) is 11.5 Å². The van der Waals surface area contributed by atoms with Crippen molar-refractivity contribution in [2.75, 3.05) is 21.3 Å². The molecule has 8 nitrogen and oxygen atoms in total. The molecule has 0 saturated heterocycles. The molecule has 0 radical (unpaired) electrons. The van der Waals surface area contributed by atoms with E-state index in [9.17, 15) is 28.0 Å². The highest BCUT2D eigenvalue weighted by Crippen LogP contribution is 2.21. The van der Waals surface area contributed by atoms with E-state index in [0.717, 1.165) is 33.5 Å². The van der Waals surface area contributed by atoms with Crippen LogP contribution in [0.2, 0.25) is 0 Å². The molecule has 0 spiro atoms. The molecule has 1 aromatic carbocycles. The lowest BCUT2D eigenvalue weighted by Crippen LogP contribution is -2.51. The van der Waals surface area contributed by atoms with Gasteiger partial charge in [-0.3, -0.25) is 14.4 Å². The number of hydrogen-bond donors (Lipinski definition) is 1. The quantitative estimate of drug-likeness (QED) is 0.419. The maximum Gasteiger partial charge on any atom is 0.328 e. The van der Waals surface area contributed by atoms with E-state index in [1.54, 1.807) is 0 Å². The van der Waals surface area contributed by atoms with Gasteiger partial charge in [0.1, 0.15) is 6.04 Å². The molecule has 10 heteroatoms. The Hall–Kier alpha value is -3.04. The zero-order valence-corrected chi connectivity index (χ0v) is 15.1. The molecule has 0 heterocycles. The first-order valence-corrected chi connectivity index (χ1v) is 7.67. The molecule has 0 saturated carbocycles. The molecule has 1 rings (SSSR count). The highest BCUT2D eigenvalue weighted by Gasteiger charge is 2.42. The smallest absolute Gasteiger partial charge is 0.328 e. The van der Waals surface area contributed by atoms with Gasteiger partial charge in [0.2, 0.25) is 0 Å². The molecule has 1 N–H and O–H groups in total.